The molecule has 4 nitrogen and oxygen atoms in total. The summed E-state index contributed by atoms with van der Waals surface area (Å²) < 4.78 is 0. The molecule has 0 fully saturated rings. The van der Waals surface area contributed by atoms with E-state index in [-0.39, 0.29) is 0 Å². The summed E-state index contributed by atoms with van der Waals surface area (Å²) in [6, 6.07) is 40.1. The first-order valence-corrected chi connectivity index (χ1v) is 14.7. The van der Waals surface area contributed by atoms with Gasteiger partial charge in [-0.15, -0.1) is 0 Å². The van der Waals surface area contributed by atoms with Crippen LogP contribution in [0.25, 0.3) is 73.0 Å². The van der Waals surface area contributed by atoms with Crippen LogP contribution >= 0.6 is 0 Å². The second-order valence-corrected chi connectivity index (χ2v) is 11.3. The Balaban J connectivity index is 1.25. The van der Waals surface area contributed by atoms with Crippen molar-refractivity contribution in [1.82, 2.24) is 19.9 Å². The van der Waals surface area contributed by atoms with Crippen molar-refractivity contribution in [3.05, 3.63) is 139 Å². The van der Waals surface area contributed by atoms with Gasteiger partial charge in [-0.05, 0) is 58.0 Å². The molecule has 5 aromatic carbocycles. The van der Waals surface area contributed by atoms with Crippen LogP contribution in [0.4, 0.5) is 0 Å². The third-order valence-corrected chi connectivity index (χ3v) is 8.28. The summed E-state index contributed by atoms with van der Waals surface area (Å²) in [6.45, 7) is 2.25. The van der Waals surface area contributed by atoms with Crippen molar-refractivity contribution in [2.75, 3.05) is 0 Å². The molecule has 2 aromatic heterocycles. The highest BCUT2D eigenvalue weighted by molar-refractivity contribution is 5.93. The second kappa shape index (κ2) is 10.4. The zero-order valence-electron chi connectivity index (χ0n) is 23.8. The van der Waals surface area contributed by atoms with Gasteiger partial charge in [-0.1, -0.05) is 116 Å². The number of pyridine rings is 1. The van der Waals surface area contributed by atoms with Crippen LogP contribution in [0.2, 0.25) is 0 Å². The van der Waals surface area contributed by atoms with Crippen molar-refractivity contribution < 1.29 is 0 Å². The molecule has 1 unspecified atom stereocenters. The molecule has 2 heterocycles. The predicted molar refractivity (Wildman–Crippen MR) is 176 cm³/mol. The van der Waals surface area contributed by atoms with Gasteiger partial charge in [-0.2, -0.15) is 0 Å². The van der Waals surface area contributed by atoms with Gasteiger partial charge in [0, 0.05) is 33.8 Å². The van der Waals surface area contributed by atoms with Crippen LogP contribution in [0.1, 0.15) is 18.1 Å². The van der Waals surface area contributed by atoms with Crippen LogP contribution in [0.3, 0.4) is 0 Å². The van der Waals surface area contributed by atoms with E-state index < -0.39 is 0 Å². The van der Waals surface area contributed by atoms with Crippen LogP contribution in [0, 0.1) is 5.92 Å². The van der Waals surface area contributed by atoms with Crippen molar-refractivity contribution in [3.8, 4) is 45.3 Å². The molecule has 4 heteroatoms. The highest BCUT2D eigenvalue weighted by atomic mass is 15.0. The number of benzene rings is 5. The van der Waals surface area contributed by atoms with Gasteiger partial charge >= 0.3 is 0 Å². The Morgan fingerprint density at radius 1 is 0.558 bits per heavy atom. The number of rotatable bonds is 4. The second-order valence-electron chi connectivity index (χ2n) is 11.3. The summed E-state index contributed by atoms with van der Waals surface area (Å²) in [5.74, 6) is 2.52. The summed E-state index contributed by atoms with van der Waals surface area (Å²) in [5.41, 5.74) is 8.72. The molecule has 204 valence electrons. The summed E-state index contributed by atoms with van der Waals surface area (Å²) in [5, 5.41) is 3.48. The minimum atomic E-state index is 0.514. The maximum absolute atomic E-state index is 5.03. The summed E-state index contributed by atoms with van der Waals surface area (Å²) >= 11 is 0. The third-order valence-electron chi connectivity index (χ3n) is 8.28. The lowest BCUT2D eigenvalue weighted by Gasteiger charge is -2.17. The van der Waals surface area contributed by atoms with Gasteiger partial charge in [0.15, 0.2) is 17.5 Å². The van der Waals surface area contributed by atoms with Crippen molar-refractivity contribution in [2.45, 2.75) is 13.3 Å². The number of hydrogen-bond donors (Lipinski definition) is 0. The molecule has 1 aliphatic carbocycles. The molecular weight excluding hydrogens is 524 g/mol. The molecule has 0 spiro atoms. The van der Waals surface area contributed by atoms with E-state index in [0.717, 1.165) is 50.5 Å². The quantitative estimate of drug-likeness (QED) is 0.218. The van der Waals surface area contributed by atoms with Gasteiger partial charge in [-0.25, -0.2) is 15.0 Å². The first-order valence-electron chi connectivity index (χ1n) is 14.7. The molecule has 1 aliphatic rings. The minimum Gasteiger partial charge on any atom is -0.256 e. The number of allylic oxidation sites excluding steroid dienone is 1. The standard InChI is InChI=1S/C39H28N4/c1-25-11-12-27-14-20-33(24-34(27)22-25)39-42-37(41-38(43-39)32-19-13-26-6-2-3-7-31(26)23-32)30-17-15-28(16-18-30)35-10-4-8-29-9-5-21-40-36(29)35/h2-21,23-25H,22H2,1H3. The van der Waals surface area contributed by atoms with Crippen molar-refractivity contribution in [1.29, 1.82) is 0 Å². The van der Waals surface area contributed by atoms with Crippen molar-refractivity contribution in [2.24, 2.45) is 5.92 Å². The normalized spacial score (nSPS) is 14.2. The van der Waals surface area contributed by atoms with Crippen LogP contribution in [-0.4, -0.2) is 19.9 Å². The highest BCUT2D eigenvalue weighted by Gasteiger charge is 2.16. The van der Waals surface area contributed by atoms with Gasteiger partial charge in [0.25, 0.3) is 0 Å². The van der Waals surface area contributed by atoms with Crippen LogP contribution < -0.4 is 0 Å². The Bertz CT molecular complexity index is 2170. The average molecular weight is 553 g/mol. The van der Waals surface area contributed by atoms with Gasteiger partial charge in [0.1, 0.15) is 0 Å². The summed E-state index contributed by atoms with van der Waals surface area (Å²) in [6.07, 6.45) is 7.36. The van der Waals surface area contributed by atoms with Gasteiger partial charge in [0.2, 0.25) is 0 Å². The smallest absolute Gasteiger partial charge is 0.164 e. The van der Waals surface area contributed by atoms with E-state index in [9.17, 15) is 0 Å². The number of aromatic nitrogens is 4. The van der Waals surface area contributed by atoms with Gasteiger partial charge < -0.3 is 0 Å². The Kier molecular flexibility index (Phi) is 6.11. The SMILES string of the molecule is CC1C=Cc2ccc(-c3nc(-c4ccc(-c5cccc6cccnc56)cc4)nc(-c4ccc5ccccc5c4)n3)cc2C1. The number of hydrogen-bond acceptors (Lipinski definition) is 4. The molecule has 0 aliphatic heterocycles. The van der Waals surface area contributed by atoms with Gasteiger partial charge in [0.05, 0.1) is 5.52 Å². The summed E-state index contributed by atoms with van der Waals surface area (Å²) in [7, 11) is 0. The molecular formula is C39H28N4. The molecule has 7 aromatic rings. The maximum atomic E-state index is 5.03. The molecule has 0 saturated carbocycles. The minimum absolute atomic E-state index is 0.514. The van der Waals surface area contributed by atoms with Crippen molar-refractivity contribution >= 4 is 27.8 Å². The van der Waals surface area contributed by atoms with E-state index in [1.807, 2.05) is 12.3 Å². The fraction of sp³-hybridized carbons (Fsp3) is 0.0769. The zero-order chi connectivity index (χ0) is 28.8. The lowest BCUT2D eigenvalue weighted by atomic mass is 9.89. The van der Waals surface area contributed by atoms with E-state index >= 15 is 0 Å². The molecule has 0 amide bonds. The fourth-order valence-corrected chi connectivity index (χ4v) is 5.99. The predicted octanol–water partition coefficient (Wildman–Crippen LogP) is 9.45. The first-order chi connectivity index (χ1) is 21.2. The van der Waals surface area contributed by atoms with E-state index in [0.29, 0.717) is 23.4 Å². The third kappa shape index (κ3) is 4.77. The Morgan fingerprint density at radius 3 is 2.05 bits per heavy atom. The fourth-order valence-electron chi connectivity index (χ4n) is 5.99. The topological polar surface area (TPSA) is 51.6 Å². The number of nitrogens with zero attached hydrogens (tertiary/aromatic N) is 4. The summed E-state index contributed by atoms with van der Waals surface area (Å²) in [4.78, 5) is 19.7. The number of para-hydroxylation sites is 1. The lowest BCUT2D eigenvalue weighted by Crippen LogP contribution is -2.04. The Labute approximate surface area is 250 Å². The van der Waals surface area contributed by atoms with E-state index in [1.54, 1.807) is 0 Å². The van der Waals surface area contributed by atoms with Crippen molar-refractivity contribution in [3.63, 3.8) is 0 Å². The van der Waals surface area contributed by atoms with Crippen LogP contribution in [0.5, 0.6) is 0 Å². The Hall–Kier alpha value is -5.48. The largest absolute Gasteiger partial charge is 0.256 e. The Morgan fingerprint density at radius 2 is 1.21 bits per heavy atom. The lowest BCUT2D eigenvalue weighted by molar-refractivity contribution is 0.717. The average Bonchev–Trinajstić information content (AvgIpc) is 3.07. The van der Waals surface area contributed by atoms with Gasteiger partial charge in [-0.3, -0.25) is 4.98 Å². The molecule has 0 saturated heterocycles. The van der Waals surface area contributed by atoms with Crippen LogP contribution in [-0.2, 0) is 6.42 Å². The molecule has 1 atom stereocenters. The molecule has 43 heavy (non-hydrogen) atoms. The monoisotopic (exact) mass is 552 g/mol. The maximum Gasteiger partial charge on any atom is 0.164 e. The number of fused-ring (bicyclic) bond motifs is 3. The van der Waals surface area contributed by atoms with E-state index in [1.165, 1.54) is 16.5 Å². The molecule has 0 N–H and O–H groups in total. The zero-order valence-corrected chi connectivity index (χ0v) is 23.8. The van der Waals surface area contributed by atoms with Crippen LogP contribution in [0.15, 0.2) is 128 Å². The first kappa shape index (κ1) is 25.2. The molecule has 0 radical (unpaired) electrons. The molecule has 0 bridgehead atoms. The highest BCUT2D eigenvalue weighted by Crippen LogP contribution is 2.32. The molecule has 8 rings (SSSR count). The van der Waals surface area contributed by atoms with E-state index in [2.05, 4.69) is 133 Å². The van der Waals surface area contributed by atoms with E-state index in [4.69, 9.17) is 15.0 Å².